The summed E-state index contributed by atoms with van der Waals surface area (Å²) in [7, 11) is 1.55. The third kappa shape index (κ3) is 41.9. The van der Waals surface area contributed by atoms with E-state index in [0.717, 1.165) is 89.9 Å². The number of rotatable bonds is 40. The van der Waals surface area contributed by atoms with Crippen molar-refractivity contribution in [1.29, 1.82) is 0 Å². The maximum Gasteiger partial charge on any atom is 0.472 e. The first-order chi connectivity index (χ1) is 27.5. The van der Waals surface area contributed by atoms with Gasteiger partial charge in [0.25, 0.3) is 0 Å². The van der Waals surface area contributed by atoms with Gasteiger partial charge in [0.2, 0.25) is 5.91 Å². The van der Waals surface area contributed by atoms with Crippen molar-refractivity contribution in [2.24, 2.45) is 0 Å². The summed E-state index contributed by atoms with van der Waals surface area (Å²) < 4.78 is 23.6. The number of hydrogen-bond donors (Lipinski definition) is 3. The van der Waals surface area contributed by atoms with Crippen molar-refractivity contribution in [1.82, 2.24) is 5.32 Å². The van der Waals surface area contributed by atoms with Crippen molar-refractivity contribution in [2.45, 2.75) is 187 Å². The van der Waals surface area contributed by atoms with Gasteiger partial charge in [-0.25, -0.2) is 4.57 Å². The van der Waals surface area contributed by atoms with Crippen LogP contribution in [0.25, 0.3) is 0 Å². The SMILES string of the molecule is CC/C=C\C/C=C\C/C=C\C/C=C\C/C=C\CCCCCCCC(=O)NC(COP(=O)(O)OCC[N+](C)(C)C)C(O)/C=C/CCCCCCCCCCCCCC. The lowest BCUT2D eigenvalue weighted by Gasteiger charge is -2.25. The lowest BCUT2D eigenvalue weighted by Crippen LogP contribution is -2.45. The van der Waals surface area contributed by atoms with E-state index in [0.29, 0.717) is 17.4 Å². The first kappa shape index (κ1) is 54.9. The van der Waals surface area contributed by atoms with Crippen molar-refractivity contribution in [2.75, 3.05) is 40.9 Å². The average molecular weight is 820 g/mol. The lowest BCUT2D eigenvalue weighted by molar-refractivity contribution is -0.870. The molecule has 0 aliphatic heterocycles. The number of quaternary nitrogens is 1. The molecule has 3 N–H and O–H groups in total. The Morgan fingerprint density at radius 2 is 1.05 bits per heavy atom. The van der Waals surface area contributed by atoms with E-state index in [4.69, 9.17) is 9.05 Å². The van der Waals surface area contributed by atoms with Crippen molar-refractivity contribution < 1.29 is 32.9 Å². The fraction of sp³-hybridized carbons (Fsp3) is 0.729. The number of allylic oxidation sites excluding steroid dienone is 11. The number of phosphoric acid groups is 1. The van der Waals surface area contributed by atoms with Crippen LogP contribution in [0.3, 0.4) is 0 Å². The summed E-state index contributed by atoms with van der Waals surface area (Å²) in [6.45, 7) is 4.66. The molecule has 8 nitrogen and oxygen atoms in total. The molecule has 0 saturated carbocycles. The summed E-state index contributed by atoms with van der Waals surface area (Å²) in [6, 6.07) is -0.860. The van der Waals surface area contributed by atoms with Crippen LogP contribution < -0.4 is 5.32 Å². The maximum absolute atomic E-state index is 12.9. The van der Waals surface area contributed by atoms with Gasteiger partial charge in [0.15, 0.2) is 0 Å². The molecule has 0 aliphatic rings. The molecule has 0 saturated heterocycles. The van der Waals surface area contributed by atoms with E-state index >= 15 is 0 Å². The maximum atomic E-state index is 12.9. The second kappa shape index (κ2) is 39.4. The third-order valence-electron chi connectivity index (χ3n) is 9.68. The van der Waals surface area contributed by atoms with Crippen LogP contribution >= 0.6 is 7.82 Å². The number of nitrogens with zero attached hydrogens (tertiary/aromatic N) is 1. The van der Waals surface area contributed by atoms with Crippen molar-refractivity contribution in [3.63, 3.8) is 0 Å². The Labute approximate surface area is 351 Å². The first-order valence-electron chi connectivity index (χ1n) is 22.8. The number of aliphatic hydroxyl groups is 1. The molecule has 0 aliphatic carbocycles. The van der Waals surface area contributed by atoms with Gasteiger partial charge in [-0.3, -0.25) is 13.8 Å². The standard InChI is InChI=1S/C48H87N2O6P/c1-6-8-10-12-14-16-18-20-22-23-24-25-26-27-28-30-32-34-36-38-40-42-48(52)49-46(45-56-57(53,54)55-44-43-50(3,4)5)47(51)41-39-37-35-33-31-29-21-19-17-15-13-11-9-7-2/h8,10,14,16,20,22,24-25,27-28,39,41,46-47,51H,6-7,9,11-13,15,17-19,21,23,26,29-38,40,42-45H2,1-5H3,(H-,49,52,53,54)/p+1/b10-8-,16-14-,22-20-,25-24-,28-27-,41-39+. The van der Waals surface area contributed by atoms with E-state index in [2.05, 4.69) is 79.9 Å². The van der Waals surface area contributed by atoms with Crippen molar-refractivity contribution in [3.05, 3.63) is 72.9 Å². The van der Waals surface area contributed by atoms with Crippen LogP contribution in [0.15, 0.2) is 72.9 Å². The van der Waals surface area contributed by atoms with Crippen molar-refractivity contribution in [3.8, 4) is 0 Å². The van der Waals surface area contributed by atoms with Gasteiger partial charge in [-0.2, -0.15) is 0 Å². The molecular weight excluding hydrogens is 732 g/mol. The molecule has 3 atom stereocenters. The van der Waals surface area contributed by atoms with Crippen LogP contribution in [0.4, 0.5) is 0 Å². The number of phosphoric ester groups is 1. The average Bonchev–Trinajstić information content (AvgIpc) is 3.16. The van der Waals surface area contributed by atoms with Crippen LogP contribution in [0.5, 0.6) is 0 Å². The Morgan fingerprint density at radius 1 is 0.614 bits per heavy atom. The van der Waals surface area contributed by atoms with Gasteiger partial charge >= 0.3 is 7.82 Å². The van der Waals surface area contributed by atoms with E-state index in [9.17, 15) is 19.4 Å². The highest BCUT2D eigenvalue weighted by molar-refractivity contribution is 7.47. The summed E-state index contributed by atoms with van der Waals surface area (Å²) in [6.07, 6.45) is 52.5. The van der Waals surface area contributed by atoms with E-state index in [1.54, 1.807) is 6.08 Å². The van der Waals surface area contributed by atoms with Gasteiger partial charge in [-0.05, 0) is 64.2 Å². The molecule has 0 radical (unpaired) electrons. The Balaban J connectivity index is 4.45. The Kier molecular flexibility index (Phi) is 38.0. The van der Waals surface area contributed by atoms with Crippen molar-refractivity contribution >= 4 is 13.7 Å². The predicted molar refractivity (Wildman–Crippen MR) is 244 cm³/mol. The van der Waals surface area contributed by atoms with E-state index in [1.165, 1.54) is 64.2 Å². The molecule has 0 spiro atoms. The smallest absolute Gasteiger partial charge is 0.387 e. The third-order valence-corrected chi connectivity index (χ3v) is 10.7. The lowest BCUT2D eigenvalue weighted by atomic mass is 10.0. The molecule has 0 aromatic carbocycles. The number of carbonyl (C=O) groups excluding carboxylic acids is 1. The highest BCUT2D eigenvalue weighted by Crippen LogP contribution is 2.43. The van der Waals surface area contributed by atoms with E-state index in [-0.39, 0.29) is 19.1 Å². The summed E-state index contributed by atoms with van der Waals surface area (Å²) in [5, 5.41) is 13.8. The van der Waals surface area contributed by atoms with Crippen LogP contribution in [0.2, 0.25) is 0 Å². The molecule has 3 unspecified atom stereocenters. The Hall–Kier alpha value is -2.06. The molecule has 0 rings (SSSR count). The molecule has 9 heteroatoms. The second-order valence-corrected chi connectivity index (χ2v) is 17.9. The molecule has 330 valence electrons. The Bertz CT molecular complexity index is 1160. The van der Waals surface area contributed by atoms with E-state index < -0.39 is 20.0 Å². The number of likely N-dealkylation sites (N-methyl/N-ethyl adjacent to an activating group) is 1. The number of aliphatic hydroxyl groups excluding tert-OH is 1. The molecule has 0 heterocycles. The number of amides is 1. The number of hydrogen-bond acceptors (Lipinski definition) is 5. The van der Waals surface area contributed by atoms with Gasteiger partial charge in [0, 0.05) is 6.42 Å². The summed E-state index contributed by atoms with van der Waals surface area (Å²) in [5.74, 6) is -0.200. The first-order valence-corrected chi connectivity index (χ1v) is 24.3. The fourth-order valence-electron chi connectivity index (χ4n) is 6.07. The topological polar surface area (TPSA) is 105 Å². The van der Waals surface area contributed by atoms with Gasteiger partial charge in [-0.1, -0.05) is 177 Å². The molecule has 0 aromatic rings. The zero-order chi connectivity index (χ0) is 42.1. The van der Waals surface area contributed by atoms with Gasteiger partial charge in [-0.15, -0.1) is 0 Å². The van der Waals surface area contributed by atoms with Crippen LogP contribution in [-0.4, -0.2) is 73.4 Å². The van der Waals surface area contributed by atoms with Crippen LogP contribution in [-0.2, 0) is 18.4 Å². The molecule has 57 heavy (non-hydrogen) atoms. The normalized spacial score (nSPS) is 15.0. The zero-order valence-electron chi connectivity index (χ0n) is 37.3. The largest absolute Gasteiger partial charge is 0.472 e. The number of nitrogens with one attached hydrogen (secondary N) is 1. The highest BCUT2D eigenvalue weighted by atomic mass is 31.2. The predicted octanol–water partition coefficient (Wildman–Crippen LogP) is 12.8. The Morgan fingerprint density at radius 3 is 1.54 bits per heavy atom. The monoisotopic (exact) mass is 820 g/mol. The highest BCUT2D eigenvalue weighted by Gasteiger charge is 2.27. The fourth-order valence-corrected chi connectivity index (χ4v) is 6.80. The zero-order valence-corrected chi connectivity index (χ0v) is 38.2. The molecule has 0 fully saturated rings. The summed E-state index contributed by atoms with van der Waals surface area (Å²) >= 11 is 0. The summed E-state index contributed by atoms with van der Waals surface area (Å²) in [4.78, 5) is 23.1. The molecule has 1 amide bonds. The van der Waals surface area contributed by atoms with Gasteiger partial charge in [0.1, 0.15) is 13.2 Å². The molecular formula is C48H88N2O6P+. The second-order valence-electron chi connectivity index (χ2n) is 16.4. The van der Waals surface area contributed by atoms with E-state index in [1.807, 2.05) is 27.2 Å². The minimum atomic E-state index is -4.35. The van der Waals surface area contributed by atoms with Crippen LogP contribution in [0.1, 0.15) is 174 Å². The summed E-state index contributed by atoms with van der Waals surface area (Å²) in [5.41, 5.74) is 0. The minimum absolute atomic E-state index is 0.0537. The molecule has 0 aromatic heterocycles. The molecule has 0 bridgehead atoms. The number of carbonyl (C=O) groups is 1. The minimum Gasteiger partial charge on any atom is -0.387 e. The quantitative estimate of drug-likeness (QED) is 0.0246. The van der Waals surface area contributed by atoms with Gasteiger partial charge in [0.05, 0.1) is 39.9 Å². The van der Waals surface area contributed by atoms with Crippen LogP contribution in [0, 0.1) is 0 Å². The van der Waals surface area contributed by atoms with Gasteiger partial charge < -0.3 is 19.8 Å². The number of unbranched alkanes of at least 4 members (excludes halogenated alkanes) is 17.